The van der Waals surface area contributed by atoms with Crippen LogP contribution in [0.5, 0.6) is 5.75 Å². The predicted octanol–water partition coefficient (Wildman–Crippen LogP) is 5.01. The van der Waals surface area contributed by atoms with Crippen molar-refractivity contribution in [1.82, 2.24) is 0 Å². The number of nitrogens with two attached hydrogens (primary N) is 1. The number of alkyl halides is 3. The maximum absolute atomic E-state index is 13.4. The van der Waals surface area contributed by atoms with Gasteiger partial charge in [-0.25, -0.2) is 0 Å². The van der Waals surface area contributed by atoms with Crippen LogP contribution in [0, 0.1) is 0 Å². The molecule has 0 radical (unpaired) electrons. The Balaban J connectivity index is 1.55. The van der Waals surface area contributed by atoms with Gasteiger partial charge in [0, 0.05) is 30.1 Å². The third-order valence-corrected chi connectivity index (χ3v) is 6.86. The normalized spacial score (nSPS) is 25.1. The van der Waals surface area contributed by atoms with Crippen LogP contribution in [0.4, 0.5) is 30.2 Å². The maximum atomic E-state index is 13.4. The number of hydrogen-bond donors (Lipinski definition) is 1. The molecule has 0 bridgehead atoms. The molecule has 2 N–H and O–H groups in total. The molecule has 0 aromatic heterocycles. The molecule has 1 saturated heterocycles. The van der Waals surface area contributed by atoms with E-state index in [2.05, 4.69) is 16.0 Å². The fourth-order valence-corrected chi connectivity index (χ4v) is 5.20. The first-order valence-electron chi connectivity index (χ1n) is 11.6. The SMILES string of the molecule is CC1CN(C2CCOC2)c2cc3c(cc2O1)N([C@H](C)c1cc(N)cc(C(F)(F)F)c1)C(C)N=C3. The van der Waals surface area contributed by atoms with Gasteiger partial charge in [-0.15, -0.1) is 0 Å². The van der Waals surface area contributed by atoms with E-state index in [-0.39, 0.29) is 18.0 Å². The van der Waals surface area contributed by atoms with Gasteiger partial charge in [-0.2, -0.15) is 13.2 Å². The quantitative estimate of drug-likeness (QED) is 0.634. The van der Waals surface area contributed by atoms with Gasteiger partial charge in [-0.3, -0.25) is 4.99 Å². The predicted molar refractivity (Wildman–Crippen MR) is 127 cm³/mol. The van der Waals surface area contributed by atoms with E-state index >= 15 is 0 Å². The number of hydrogen-bond acceptors (Lipinski definition) is 6. The molecule has 9 heteroatoms. The second kappa shape index (κ2) is 8.37. The number of fused-ring (bicyclic) bond motifs is 2. The number of nitrogen functional groups attached to an aromatic ring is 1. The van der Waals surface area contributed by atoms with Gasteiger partial charge in [-0.1, -0.05) is 0 Å². The van der Waals surface area contributed by atoms with Gasteiger partial charge in [0.15, 0.2) is 0 Å². The minimum atomic E-state index is -4.47. The molecule has 6 nitrogen and oxygen atoms in total. The van der Waals surface area contributed by atoms with Crippen LogP contribution in [-0.2, 0) is 10.9 Å². The summed E-state index contributed by atoms with van der Waals surface area (Å²) < 4.78 is 52.1. The largest absolute Gasteiger partial charge is 0.487 e. The molecule has 4 atom stereocenters. The zero-order chi connectivity index (χ0) is 24.2. The van der Waals surface area contributed by atoms with Gasteiger partial charge in [0.05, 0.1) is 42.2 Å². The van der Waals surface area contributed by atoms with Crippen molar-refractivity contribution in [3.05, 3.63) is 47.0 Å². The molecular weight excluding hydrogens is 445 g/mol. The molecule has 0 aliphatic carbocycles. The Morgan fingerprint density at radius 3 is 2.62 bits per heavy atom. The second-order valence-corrected chi connectivity index (χ2v) is 9.36. The molecule has 2 aromatic carbocycles. The average Bonchev–Trinajstić information content (AvgIpc) is 3.31. The molecule has 34 heavy (non-hydrogen) atoms. The summed E-state index contributed by atoms with van der Waals surface area (Å²) in [5, 5.41) is 0. The van der Waals surface area contributed by atoms with Gasteiger partial charge in [0.1, 0.15) is 18.0 Å². The molecule has 182 valence electrons. The van der Waals surface area contributed by atoms with E-state index in [1.54, 1.807) is 6.07 Å². The lowest BCUT2D eigenvalue weighted by atomic mass is 9.98. The summed E-state index contributed by atoms with van der Waals surface area (Å²) >= 11 is 0. The Morgan fingerprint density at radius 1 is 1.12 bits per heavy atom. The first-order chi connectivity index (χ1) is 16.1. The fourth-order valence-electron chi connectivity index (χ4n) is 5.20. The van der Waals surface area contributed by atoms with Gasteiger partial charge in [0.2, 0.25) is 0 Å². The van der Waals surface area contributed by atoms with Crippen molar-refractivity contribution in [2.24, 2.45) is 4.99 Å². The van der Waals surface area contributed by atoms with E-state index in [1.807, 2.05) is 38.0 Å². The van der Waals surface area contributed by atoms with Crippen LogP contribution in [0.2, 0.25) is 0 Å². The van der Waals surface area contributed by atoms with Crippen LogP contribution in [0.15, 0.2) is 35.3 Å². The highest BCUT2D eigenvalue weighted by atomic mass is 19.4. The van der Waals surface area contributed by atoms with E-state index in [4.69, 9.17) is 15.2 Å². The molecule has 1 fully saturated rings. The highest BCUT2D eigenvalue weighted by molar-refractivity contribution is 5.93. The van der Waals surface area contributed by atoms with E-state index in [0.717, 1.165) is 48.3 Å². The molecular formula is C25H29F3N4O2. The van der Waals surface area contributed by atoms with Crippen molar-refractivity contribution < 1.29 is 22.6 Å². The highest BCUT2D eigenvalue weighted by Gasteiger charge is 2.36. The smallest absolute Gasteiger partial charge is 0.416 e. The molecule has 3 aliphatic heterocycles. The Hall–Kier alpha value is -2.94. The molecule has 5 rings (SSSR count). The third kappa shape index (κ3) is 4.06. The molecule has 2 aromatic rings. The summed E-state index contributed by atoms with van der Waals surface area (Å²) in [4.78, 5) is 9.02. The van der Waals surface area contributed by atoms with Gasteiger partial charge in [-0.05, 0) is 57.0 Å². The van der Waals surface area contributed by atoms with Gasteiger partial charge in [0.25, 0.3) is 0 Å². The molecule has 0 amide bonds. The topological polar surface area (TPSA) is 63.3 Å². The van der Waals surface area contributed by atoms with Crippen molar-refractivity contribution >= 4 is 23.3 Å². The first-order valence-corrected chi connectivity index (χ1v) is 11.6. The molecule has 0 saturated carbocycles. The van der Waals surface area contributed by atoms with E-state index < -0.39 is 17.8 Å². The van der Waals surface area contributed by atoms with Crippen molar-refractivity contribution in [2.75, 3.05) is 35.3 Å². The van der Waals surface area contributed by atoms with Crippen molar-refractivity contribution in [3.63, 3.8) is 0 Å². The summed E-state index contributed by atoms with van der Waals surface area (Å²) in [7, 11) is 0. The van der Waals surface area contributed by atoms with Crippen LogP contribution >= 0.6 is 0 Å². The first kappa shape index (κ1) is 22.8. The van der Waals surface area contributed by atoms with Crippen molar-refractivity contribution in [2.45, 2.75) is 57.7 Å². The third-order valence-electron chi connectivity index (χ3n) is 6.86. The Bertz CT molecular complexity index is 1110. The summed E-state index contributed by atoms with van der Waals surface area (Å²) in [6.07, 6.45) is -1.92. The Kier molecular flexibility index (Phi) is 5.62. The number of halogens is 3. The summed E-state index contributed by atoms with van der Waals surface area (Å²) in [6, 6.07) is 7.71. The Morgan fingerprint density at radius 2 is 1.91 bits per heavy atom. The van der Waals surface area contributed by atoms with Crippen LogP contribution in [0.1, 0.15) is 49.9 Å². The summed E-state index contributed by atoms with van der Waals surface area (Å²) in [5.41, 5.74) is 8.46. The standard InChI is InChI=1S/C25H29F3N4O2/c1-14-12-31(21-4-5-33-13-21)23-8-18-11-30-16(3)32(22(18)10-24(23)34-14)15(2)17-6-19(25(26,27)28)9-20(29)7-17/h6-11,14-16,21H,4-5,12-13,29H2,1-3H3/t14?,15-,16?,21?/m1/s1. The molecule has 0 spiro atoms. The number of nitrogens with zero attached hydrogens (tertiary/aromatic N) is 3. The molecule has 3 heterocycles. The Labute approximate surface area is 197 Å². The number of ether oxygens (including phenoxy) is 2. The maximum Gasteiger partial charge on any atom is 0.416 e. The van der Waals surface area contributed by atoms with Gasteiger partial charge >= 0.3 is 6.18 Å². The zero-order valence-electron chi connectivity index (χ0n) is 19.5. The zero-order valence-corrected chi connectivity index (χ0v) is 19.5. The minimum absolute atomic E-state index is 0.00923. The lowest BCUT2D eigenvalue weighted by Crippen LogP contribution is -2.45. The minimum Gasteiger partial charge on any atom is -0.487 e. The lowest BCUT2D eigenvalue weighted by Gasteiger charge is -2.42. The summed E-state index contributed by atoms with van der Waals surface area (Å²) in [6.45, 7) is 8.06. The molecule has 3 unspecified atom stereocenters. The van der Waals surface area contributed by atoms with Crippen molar-refractivity contribution in [1.29, 1.82) is 0 Å². The highest BCUT2D eigenvalue weighted by Crippen LogP contribution is 2.44. The van der Waals surface area contributed by atoms with E-state index in [9.17, 15) is 13.2 Å². The fraction of sp³-hybridized carbons (Fsp3) is 0.480. The molecule has 3 aliphatic rings. The van der Waals surface area contributed by atoms with Crippen LogP contribution in [0.25, 0.3) is 0 Å². The van der Waals surface area contributed by atoms with Crippen molar-refractivity contribution in [3.8, 4) is 5.75 Å². The van der Waals surface area contributed by atoms with E-state index in [0.29, 0.717) is 18.2 Å². The summed E-state index contributed by atoms with van der Waals surface area (Å²) in [5.74, 6) is 0.771. The number of aliphatic imine (C=N–C) groups is 1. The number of benzene rings is 2. The van der Waals surface area contributed by atoms with E-state index in [1.165, 1.54) is 6.07 Å². The second-order valence-electron chi connectivity index (χ2n) is 9.36. The number of rotatable bonds is 3. The monoisotopic (exact) mass is 474 g/mol. The van der Waals surface area contributed by atoms with Crippen LogP contribution in [0.3, 0.4) is 0 Å². The number of anilines is 3. The average molecular weight is 475 g/mol. The van der Waals surface area contributed by atoms with Gasteiger partial charge < -0.3 is 25.0 Å². The van der Waals surface area contributed by atoms with Crippen LogP contribution < -0.4 is 20.3 Å². The van der Waals surface area contributed by atoms with Crippen LogP contribution in [-0.4, -0.2) is 44.3 Å². The lowest BCUT2D eigenvalue weighted by molar-refractivity contribution is -0.137.